The van der Waals surface area contributed by atoms with Crippen molar-refractivity contribution in [3.63, 3.8) is 0 Å². The van der Waals surface area contributed by atoms with Gasteiger partial charge in [0.2, 0.25) is 0 Å². The molecular weight excluding hydrogens is 290 g/mol. The van der Waals surface area contributed by atoms with Gasteiger partial charge in [0.05, 0.1) is 6.54 Å². The van der Waals surface area contributed by atoms with Crippen LogP contribution in [0.15, 0.2) is 48.5 Å². The number of nitrogens with one attached hydrogen (secondary N) is 1. The van der Waals surface area contributed by atoms with E-state index in [-0.39, 0.29) is 5.91 Å². The minimum absolute atomic E-state index is 0.155. The molecule has 1 unspecified atom stereocenters. The molecule has 0 aliphatic rings. The molecule has 4 nitrogen and oxygen atoms in total. The Morgan fingerprint density at radius 2 is 1.87 bits per heavy atom. The van der Waals surface area contributed by atoms with Crippen LogP contribution in [0.5, 0.6) is 11.5 Å². The molecule has 4 heteroatoms. The van der Waals surface area contributed by atoms with Gasteiger partial charge in [-0.3, -0.25) is 4.79 Å². The van der Waals surface area contributed by atoms with Gasteiger partial charge in [-0.25, -0.2) is 0 Å². The maximum Gasteiger partial charge on any atom is 0.260 e. The Labute approximate surface area is 137 Å². The zero-order chi connectivity index (χ0) is 16.7. The number of carbonyl (C=O) groups excluding carboxylic acids is 1. The third-order valence-corrected chi connectivity index (χ3v) is 3.41. The zero-order valence-electron chi connectivity index (χ0n) is 13.8. The van der Waals surface area contributed by atoms with Crippen molar-refractivity contribution in [1.82, 2.24) is 5.32 Å². The number of para-hydroxylation sites is 1. The Hall–Kier alpha value is -2.49. The first-order valence-corrected chi connectivity index (χ1v) is 7.76. The number of ether oxygens (including phenoxy) is 2. The standard InChI is InChI=1S/C19H23NO3/c1-14-9-10-18(15(2)13-14)22-12-11-20-19(21)16(3)23-17-7-5-4-6-8-17/h4-10,13,16H,11-12H2,1-3H3,(H,20,21). The van der Waals surface area contributed by atoms with Crippen molar-refractivity contribution in [1.29, 1.82) is 0 Å². The largest absolute Gasteiger partial charge is 0.491 e. The molecule has 0 aliphatic heterocycles. The van der Waals surface area contributed by atoms with Gasteiger partial charge in [0, 0.05) is 0 Å². The molecule has 1 N–H and O–H groups in total. The van der Waals surface area contributed by atoms with E-state index < -0.39 is 6.10 Å². The summed E-state index contributed by atoms with van der Waals surface area (Å²) in [4.78, 5) is 12.0. The lowest BCUT2D eigenvalue weighted by atomic mass is 10.1. The lowest BCUT2D eigenvalue weighted by molar-refractivity contribution is -0.127. The van der Waals surface area contributed by atoms with Gasteiger partial charge < -0.3 is 14.8 Å². The van der Waals surface area contributed by atoms with E-state index in [4.69, 9.17) is 9.47 Å². The first-order valence-electron chi connectivity index (χ1n) is 7.76. The number of hydrogen-bond acceptors (Lipinski definition) is 3. The third kappa shape index (κ3) is 5.33. The monoisotopic (exact) mass is 313 g/mol. The minimum Gasteiger partial charge on any atom is -0.491 e. The second-order valence-corrected chi connectivity index (χ2v) is 5.48. The fourth-order valence-corrected chi connectivity index (χ4v) is 2.20. The highest BCUT2D eigenvalue weighted by molar-refractivity contribution is 5.80. The van der Waals surface area contributed by atoms with E-state index >= 15 is 0 Å². The summed E-state index contributed by atoms with van der Waals surface area (Å²) in [6.07, 6.45) is -0.543. The Bertz CT molecular complexity index is 640. The van der Waals surface area contributed by atoms with E-state index in [9.17, 15) is 4.79 Å². The van der Waals surface area contributed by atoms with E-state index in [1.807, 2.05) is 56.3 Å². The lowest BCUT2D eigenvalue weighted by Crippen LogP contribution is -2.38. The van der Waals surface area contributed by atoms with Crippen molar-refractivity contribution in [3.05, 3.63) is 59.7 Å². The SMILES string of the molecule is Cc1ccc(OCCNC(=O)C(C)Oc2ccccc2)c(C)c1. The molecular formula is C19H23NO3. The van der Waals surface area contributed by atoms with Crippen LogP contribution < -0.4 is 14.8 Å². The van der Waals surface area contributed by atoms with Crippen molar-refractivity contribution in [2.75, 3.05) is 13.2 Å². The van der Waals surface area contributed by atoms with Crippen LogP contribution >= 0.6 is 0 Å². The first kappa shape index (κ1) is 16.9. The fourth-order valence-electron chi connectivity index (χ4n) is 2.20. The number of rotatable bonds is 7. The Kier molecular flexibility index (Phi) is 6.03. The summed E-state index contributed by atoms with van der Waals surface area (Å²) in [6, 6.07) is 15.3. The molecule has 23 heavy (non-hydrogen) atoms. The highest BCUT2D eigenvalue weighted by atomic mass is 16.5. The van der Waals surface area contributed by atoms with E-state index in [0.29, 0.717) is 18.9 Å². The van der Waals surface area contributed by atoms with Crippen molar-refractivity contribution in [2.24, 2.45) is 0 Å². The smallest absolute Gasteiger partial charge is 0.260 e. The van der Waals surface area contributed by atoms with E-state index in [2.05, 4.69) is 11.4 Å². The maximum absolute atomic E-state index is 12.0. The summed E-state index contributed by atoms with van der Waals surface area (Å²) in [7, 11) is 0. The molecule has 0 fully saturated rings. The Morgan fingerprint density at radius 3 is 2.57 bits per heavy atom. The summed E-state index contributed by atoms with van der Waals surface area (Å²) >= 11 is 0. The van der Waals surface area contributed by atoms with Crippen molar-refractivity contribution >= 4 is 5.91 Å². The molecule has 0 heterocycles. The fraction of sp³-hybridized carbons (Fsp3) is 0.316. The summed E-state index contributed by atoms with van der Waals surface area (Å²) in [6.45, 7) is 6.65. The molecule has 0 spiro atoms. The molecule has 122 valence electrons. The highest BCUT2D eigenvalue weighted by Crippen LogP contribution is 2.18. The van der Waals surface area contributed by atoms with E-state index in [0.717, 1.165) is 11.3 Å². The van der Waals surface area contributed by atoms with Crippen LogP contribution in [0, 0.1) is 13.8 Å². The van der Waals surface area contributed by atoms with Gasteiger partial charge in [-0.15, -0.1) is 0 Å². The van der Waals surface area contributed by atoms with Crippen LogP contribution in [0.1, 0.15) is 18.1 Å². The number of aryl methyl sites for hydroxylation is 2. The quantitative estimate of drug-likeness (QED) is 0.798. The molecule has 0 bridgehead atoms. The topological polar surface area (TPSA) is 47.6 Å². The Balaban J connectivity index is 1.72. The summed E-state index contributed by atoms with van der Waals surface area (Å²) in [5, 5.41) is 2.81. The van der Waals surface area contributed by atoms with Gasteiger partial charge >= 0.3 is 0 Å². The summed E-state index contributed by atoms with van der Waals surface area (Å²) in [5.41, 5.74) is 2.30. The van der Waals surface area contributed by atoms with Gasteiger partial charge in [0.1, 0.15) is 18.1 Å². The normalized spacial score (nSPS) is 11.6. The highest BCUT2D eigenvalue weighted by Gasteiger charge is 2.13. The molecule has 2 aromatic rings. The summed E-state index contributed by atoms with van der Waals surface area (Å²) in [5.74, 6) is 1.37. The molecule has 0 saturated heterocycles. The van der Waals surface area contributed by atoms with Crippen LogP contribution in [0.4, 0.5) is 0 Å². The molecule has 2 aromatic carbocycles. The van der Waals surface area contributed by atoms with Crippen LogP contribution in [-0.4, -0.2) is 25.2 Å². The number of amides is 1. The van der Waals surface area contributed by atoms with Crippen LogP contribution in [0.2, 0.25) is 0 Å². The van der Waals surface area contributed by atoms with Gasteiger partial charge in [-0.2, -0.15) is 0 Å². The van der Waals surface area contributed by atoms with E-state index in [1.54, 1.807) is 6.92 Å². The lowest BCUT2D eigenvalue weighted by Gasteiger charge is -2.15. The molecule has 1 atom stereocenters. The average molecular weight is 313 g/mol. The van der Waals surface area contributed by atoms with Crippen LogP contribution in [-0.2, 0) is 4.79 Å². The zero-order valence-corrected chi connectivity index (χ0v) is 13.8. The van der Waals surface area contributed by atoms with Gasteiger partial charge in [0.25, 0.3) is 5.91 Å². The maximum atomic E-state index is 12.0. The predicted octanol–water partition coefficient (Wildman–Crippen LogP) is 3.27. The number of benzene rings is 2. The molecule has 0 saturated carbocycles. The molecule has 1 amide bonds. The second kappa shape index (κ2) is 8.22. The summed E-state index contributed by atoms with van der Waals surface area (Å²) < 4.78 is 11.3. The van der Waals surface area contributed by atoms with Crippen molar-refractivity contribution < 1.29 is 14.3 Å². The second-order valence-electron chi connectivity index (χ2n) is 5.48. The first-order chi connectivity index (χ1) is 11.1. The predicted molar refractivity (Wildman–Crippen MR) is 91.0 cm³/mol. The van der Waals surface area contributed by atoms with Gasteiger partial charge in [-0.1, -0.05) is 35.9 Å². The van der Waals surface area contributed by atoms with Gasteiger partial charge in [-0.05, 0) is 44.5 Å². The van der Waals surface area contributed by atoms with Crippen LogP contribution in [0.25, 0.3) is 0 Å². The van der Waals surface area contributed by atoms with Crippen molar-refractivity contribution in [2.45, 2.75) is 26.9 Å². The number of hydrogen-bond donors (Lipinski definition) is 1. The van der Waals surface area contributed by atoms with Crippen LogP contribution in [0.3, 0.4) is 0 Å². The Morgan fingerprint density at radius 1 is 1.13 bits per heavy atom. The molecule has 2 rings (SSSR count). The molecule has 0 aliphatic carbocycles. The third-order valence-electron chi connectivity index (χ3n) is 3.41. The molecule has 0 radical (unpaired) electrons. The number of carbonyl (C=O) groups is 1. The van der Waals surface area contributed by atoms with Gasteiger partial charge in [0.15, 0.2) is 6.10 Å². The molecule has 0 aromatic heterocycles. The average Bonchev–Trinajstić information content (AvgIpc) is 2.54. The van der Waals surface area contributed by atoms with E-state index in [1.165, 1.54) is 5.56 Å². The minimum atomic E-state index is -0.543. The van der Waals surface area contributed by atoms with Crippen molar-refractivity contribution in [3.8, 4) is 11.5 Å².